The van der Waals surface area contributed by atoms with Gasteiger partial charge in [-0.1, -0.05) is 0 Å². The van der Waals surface area contributed by atoms with Gasteiger partial charge in [0.15, 0.2) is 0 Å². The first kappa shape index (κ1) is 10.1. The first-order chi connectivity index (χ1) is 8.22. The standard InChI is InChI=1S/C12H13FN4/c1-17-7-8(5-15-17)12-6-14-11-4-9(13)2-3-10(11)16-12/h2-5,7,12,14,16H,6H2,1H3. The quantitative estimate of drug-likeness (QED) is 0.791. The number of aromatic nitrogens is 2. The van der Waals surface area contributed by atoms with E-state index in [4.69, 9.17) is 0 Å². The zero-order valence-corrected chi connectivity index (χ0v) is 9.44. The monoisotopic (exact) mass is 232 g/mol. The molecular weight excluding hydrogens is 219 g/mol. The van der Waals surface area contributed by atoms with Crippen LogP contribution in [0.15, 0.2) is 30.6 Å². The minimum Gasteiger partial charge on any atom is -0.381 e. The lowest BCUT2D eigenvalue weighted by Gasteiger charge is -2.27. The van der Waals surface area contributed by atoms with Crippen LogP contribution in [0.25, 0.3) is 0 Å². The fraction of sp³-hybridized carbons (Fsp3) is 0.250. The van der Waals surface area contributed by atoms with Gasteiger partial charge in [-0.3, -0.25) is 4.68 Å². The summed E-state index contributed by atoms with van der Waals surface area (Å²) in [4.78, 5) is 0. The van der Waals surface area contributed by atoms with Gasteiger partial charge in [0.25, 0.3) is 0 Å². The highest BCUT2D eigenvalue weighted by Gasteiger charge is 2.19. The molecule has 1 atom stereocenters. The number of nitrogens with one attached hydrogen (secondary N) is 2. The van der Waals surface area contributed by atoms with E-state index in [-0.39, 0.29) is 11.9 Å². The summed E-state index contributed by atoms with van der Waals surface area (Å²) in [5.41, 5.74) is 2.85. The van der Waals surface area contributed by atoms with Gasteiger partial charge in [-0.05, 0) is 18.2 Å². The third kappa shape index (κ3) is 1.84. The molecule has 1 aromatic heterocycles. The summed E-state index contributed by atoms with van der Waals surface area (Å²) in [6, 6.07) is 4.88. The van der Waals surface area contributed by atoms with Gasteiger partial charge in [0.1, 0.15) is 5.82 Å². The summed E-state index contributed by atoms with van der Waals surface area (Å²) >= 11 is 0. The van der Waals surface area contributed by atoms with Crippen molar-refractivity contribution in [3.8, 4) is 0 Å². The molecule has 0 radical (unpaired) electrons. The van der Waals surface area contributed by atoms with Crippen molar-refractivity contribution in [1.29, 1.82) is 0 Å². The third-order valence-corrected chi connectivity index (χ3v) is 2.94. The number of aryl methyl sites for hydroxylation is 1. The second-order valence-corrected chi connectivity index (χ2v) is 4.22. The molecule has 2 heterocycles. The maximum absolute atomic E-state index is 13.0. The highest BCUT2D eigenvalue weighted by molar-refractivity contribution is 5.71. The maximum atomic E-state index is 13.0. The van der Waals surface area contributed by atoms with E-state index in [9.17, 15) is 4.39 Å². The molecule has 88 valence electrons. The molecule has 1 aromatic carbocycles. The van der Waals surface area contributed by atoms with E-state index in [1.54, 1.807) is 10.7 Å². The number of halogens is 1. The predicted octanol–water partition coefficient (Wildman–Crippen LogP) is 2.14. The van der Waals surface area contributed by atoms with Crippen LogP contribution < -0.4 is 10.6 Å². The minimum absolute atomic E-state index is 0.168. The highest BCUT2D eigenvalue weighted by atomic mass is 19.1. The molecule has 2 aromatic rings. The van der Waals surface area contributed by atoms with Crippen LogP contribution in [0.2, 0.25) is 0 Å². The average Bonchev–Trinajstić information content (AvgIpc) is 2.75. The number of rotatable bonds is 1. The second-order valence-electron chi connectivity index (χ2n) is 4.22. The molecule has 0 saturated carbocycles. The van der Waals surface area contributed by atoms with Crippen LogP contribution in [0, 0.1) is 5.82 Å². The van der Waals surface area contributed by atoms with Gasteiger partial charge < -0.3 is 10.6 Å². The Kier molecular flexibility index (Phi) is 2.24. The van der Waals surface area contributed by atoms with Gasteiger partial charge in [0.05, 0.1) is 23.6 Å². The van der Waals surface area contributed by atoms with Crippen molar-refractivity contribution in [1.82, 2.24) is 9.78 Å². The SMILES string of the molecule is Cn1cc(C2CNc3cc(F)ccc3N2)cn1. The Labute approximate surface area is 98.4 Å². The first-order valence-corrected chi connectivity index (χ1v) is 5.51. The van der Waals surface area contributed by atoms with Crippen molar-refractivity contribution in [2.24, 2.45) is 7.05 Å². The van der Waals surface area contributed by atoms with Gasteiger partial charge >= 0.3 is 0 Å². The van der Waals surface area contributed by atoms with Crippen LogP contribution in [-0.2, 0) is 7.05 Å². The Morgan fingerprint density at radius 3 is 3.06 bits per heavy atom. The normalized spacial score (nSPS) is 18.1. The molecule has 0 fully saturated rings. The van der Waals surface area contributed by atoms with Crippen molar-refractivity contribution in [2.45, 2.75) is 6.04 Å². The number of hydrogen-bond acceptors (Lipinski definition) is 3. The van der Waals surface area contributed by atoms with Gasteiger partial charge in [-0.2, -0.15) is 5.10 Å². The molecule has 5 heteroatoms. The summed E-state index contributed by atoms with van der Waals surface area (Å²) < 4.78 is 14.8. The number of hydrogen-bond donors (Lipinski definition) is 2. The Morgan fingerprint density at radius 1 is 1.41 bits per heavy atom. The molecule has 1 unspecified atom stereocenters. The molecule has 1 aliphatic rings. The van der Waals surface area contributed by atoms with Crippen LogP contribution in [0.5, 0.6) is 0 Å². The smallest absolute Gasteiger partial charge is 0.125 e. The predicted molar refractivity (Wildman–Crippen MR) is 64.5 cm³/mol. The number of benzene rings is 1. The molecule has 4 nitrogen and oxygen atoms in total. The highest BCUT2D eigenvalue weighted by Crippen LogP contribution is 2.31. The van der Waals surface area contributed by atoms with Gasteiger partial charge in [-0.15, -0.1) is 0 Å². The zero-order chi connectivity index (χ0) is 11.8. The van der Waals surface area contributed by atoms with E-state index in [0.717, 1.165) is 23.5 Å². The van der Waals surface area contributed by atoms with E-state index >= 15 is 0 Å². The molecular formula is C12H13FN4. The van der Waals surface area contributed by atoms with E-state index in [0.29, 0.717) is 0 Å². The Balaban J connectivity index is 1.88. The van der Waals surface area contributed by atoms with E-state index < -0.39 is 0 Å². The van der Waals surface area contributed by atoms with Crippen molar-refractivity contribution in [3.05, 3.63) is 42.0 Å². The Bertz CT molecular complexity index is 549. The fourth-order valence-electron chi connectivity index (χ4n) is 2.06. The van der Waals surface area contributed by atoms with Crippen molar-refractivity contribution >= 4 is 11.4 Å². The summed E-state index contributed by atoms with van der Waals surface area (Å²) in [7, 11) is 1.89. The molecule has 0 amide bonds. The molecule has 0 spiro atoms. The number of nitrogens with zero attached hydrogens (tertiary/aromatic N) is 2. The van der Waals surface area contributed by atoms with E-state index in [1.807, 2.05) is 19.4 Å². The van der Waals surface area contributed by atoms with Crippen LogP contribution in [0.4, 0.5) is 15.8 Å². The first-order valence-electron chi connectivity index (χ1n) is 5.51. The molecule has 17 heavy (non-hydrogen) atoms. The van der Waals surface area contributed by atoms with Crippen molar-refractivity contribution in [2.75, 3.05) is 17.2 Å². The Hall–Kier alpha value is -2.04. The summed E-state index contributed by atoms with van der Waals surface area (Å²) in [5, 5.41) is 10.7. The van der Waals surface area contributed by atoms with Gasteiger partial charge in [0, 0.05) is 25.4 Å². The van der Waals surface area contributed by atoms with Crippen molar-refractivity contribution in [3.63, 3.8) is 0 Å². The van der Waals surface area contributed by atoms with Crippen LogP contribution >= 0.6 is 0 Å². The van der Waals surface area contributed by atoms with E-state index in [2.05, 4.69) is 15.7 Å². The lowest BCUT2D eigenvalue weighted by atomic mass is 10.1. The second kappa shape index (κ2) is 3.76. The van der Waals surface area contributed by atoms with E-state index in [1.165, 1.54) is 12.1 Å². The molecule has 0 bridgehead atoms. The molecule has 0 aliphatic carbocycles. The summed E-state index contributed by atoms with van der Waals surface area (Å²) in [6.45, 7) is 0.724. The third-order valence-electron chi connectivity index (χ3n) is 2.94. The maximum Gasteiger partial charge on any atom is 0.125 e. The number of anilines is 2. The molecule has 1 aliphatic heterocycles. The lowest BCUT2D eigenvalue weighted by Crippen LogP contribution is -2.25. The van der Waals surface area contributed by atoms with Crippen molar-refractivity contribution < 1.29 is 4.39 Å². The minimum atomic E-state index is -0.224. The molecule has 0 saturated heterocycles. The number of fused-ring (bicyclic) bond motifs is 1. The van der Waals surface area contributed by atoms with Gasteiger partial charge in [0.2, 0.25) is 0 Å². The van der Waals surface area contributed by atoms with Crippen LogP contribution in [0.1, 0.15) is 11.6 Å². The summed E-state index contributed by atoms with van der Waals surface area (Å²) in [5.74, 6) is -0.224. The van der Waals surface area contributed by atoms with Crippen LogP contribution in [0.3, 0.4) is 0 Å². The molecule has 2 N–H and O–H groups in total. The average molecular weight is 232 g/mol. The topological polar surface area (TPSA) is 41.9 Å². The lowest BCUT2D eigenvalue weighted by molar-refractivity contribution is 0.627. The fourth-order valence-corrected chi connectivity index (χ4v) is 2.06. The largest absolute Gasteiger partial charge is 0.381 e. The Morgan fingerprint density at radius 2 is 2.29 bits per heavy atom. The summed E-state index contributed by atoms with van der Waals surface area (Å²) in [6.07, 6.45) is 3.82. The zero-order valence-electron chi connectivity index (χ0n) is 9.44. The van der Waals surface area contributed by atoms with Crippen LogP contribution in [-0.4, -0.2) is 16.3 Å². The molecule has 3 rings (SSSR count). The van der Waals surface area contributed by atoms with Gasteiger partial charge in [-0.25, -0.2) is 4.39 Å².